The highest BCUT2D eigenvalue weighted by Gasteiger charge is 2.53. The third kappa shape index (κ3) is 7.71. The lowest BCUT2D eigenvalue weighted by atomic mass is 9.78. The lowest BCUT2D eigenvalue weighted by molar-refractivity contribution is -0.144. The number of sulfone groups is 1. The van der Waals surface area contributed by atoms with Gasteiger partial charge >= 0.3 is 6.03 Å². The fraction of sp³-hybridized carbons (Fsp3) is 0.848. The molecule has 0 spiro atoms. The summed E-state index contributed by atoms with van der Waals surface area (Å²) in [5.74, 6) is -2.13. The summed E-state index contributed by atoms with van der Waals surface area (Å²) in [6.07, 6.45) is 8.31. The molecule has 4 rings (SSSR count). The number of fused-ring (bicyclic) bond motifs is 1. The zero-order valence-corrected chi connectivity index (χ0v) is 29.1. The summed E-state index contributed by atoms with van der Waals surface area (Å²) in [6.45, 7) is 9.79. The molecule has 0 radical (unpaired) electrons. The minimum absolute atomic E-state index is 0.0849. The van der Waals surface area contributed by atoms with Gasteiger partial charge in [0.25, 0.3) is 5.91 Å². The van der Waals surface area contributed by atoms with Gasteiger partial charge < -0.3 is 26.2 Å². The molecule has 4 N–H and O–H groups in total. The van der Waals surface area contributed by atoms with Gasteiger partial charge in [0.05, 0.1) is 22.6 Å². The number of nitrogens with one attached hydrogen (secondary N) is 4. The normalized spacial score (nSPS) is 28.1. The first-order valence-corrected chi connectivity index (χ1v) is 19.1. The van der Waals surface area contributed by atoms with Crippen molar-refractivity contribution in [2.24, 2.45) is 17.3 Å². The molecule has 2 heterocycles. The highest BCUT2D eigenvalue weighted by atomic mass is 32.2. The molecule has 5 amide bonds. The second-order valence-electron chi connectivity index (χ2n) is 15.0. The van der Waals surface area contributed by atoms with Crippen LogP contribution in [0.25, 0.3) is 0 Å². The molecule has 0 aromatic rings. The Hall–Kier alpha value is -2.70. The molecule has 46 heavy (non-hydrogen) atoms. The average molecular weight is 666 g/mol. The highest BCUT2D eigenvalue weighted by Crippen LogP contribution is 2.43. The number of likely N-dealkylation sites (tertiary alicyclic amines) is 1. The van der Waals surface area contributed by atoms with E-state index >= 15 is 0 Å². The van der Waals surface area contributed by atoms with Gasteiger partial charge in [0.15, 0.2) is 9.84 Å². The molecule has 0 bridgehead atoms. The van der Waals surface area contributed by atoms with E-state index in [4.69, 9.17) is 0 Å². The van der Waals surface area contributed by atoms with Crippen molar-refractivity contribution in [1.29, 1.82) is 0 Å². The predicted molar refractivity (Wildman–Crippen MR) is 174 cm³/mol. The second kappa shape index (κ2) is 14.6. The van der Waals surface area contributed by atoms with Crippen LogP contribution in [0.2, 0.25) is 0 Å². The van der Waals surface area contributed by atoms with Gasteiger partial charge in [-0.1, -0.05) is 59.8 Å². The van der Waals surface area contributed by atoms with Crippen LogP contribution in [-0.2, 0) is 29.0 Å². The van der Waals surface area contributed by atoms with E-state index in [1.165, 1.54) is 0 Å². The molecule has 4 aliphatic rings. The van der Waals surface area contributed by atoms with Gasteiger partial charge in [-0.3, -0.25) is 19.2 Å². The van der Waals surface area contributed by atoms with E-state index < -0.39 is 67.8 Å². The number of Topliss-reactive ketones (excluding diaryl/α,β-unsaturated/α-hetero) is 1. The molecule has 4 fully saturated rings. The number of amides is 5. The van der Waals surface area contributed by atoms with Crippen LogP contribution in [-0.4, -0.2) is 90.6 Å². The maximum Gasteiger partial charge on any atom is 0.315 e. The molecular formula is C33H55N5O7S. The Labute approximate surface area is 274 Å². The summed E-state index contributed by atoms with van der Waals surface area (Å²) >= 11 is 0. The Morgan fingerprint density at radius 1 is 0.913 bits per heavy atom. The summed E-state index contributed by atoms with van der Waals surface area (Å²) in [4.78, 5) is 68.9. The number of ketones is 1. The van der Waals surface area contributed by atoms with Crippen molar-refractivity contribution in [3.8, 4) is 0 Å². The van der Waals surface area contributed by atoms with Gasteiger partial charge in [-0.05, 0) is 69.1 Å². The largest absolute Gasteiger partial charge is 0.350 e. The van der Waals surface area contributed by atoms with Gasteiger partial charge in [0, 0.05) is 13.1 Å². The third-order valence-corrected chi connectivity index (χ3v) is 13.1. The van der Waals surface area contributed by atoms with Gasteiger partial charge in [-0.25, -0.2) is 13.2 Å². The number of carbonyl (C=O) groups is 5. The van der Waals surface area contributed by atoms with Crippen LogP contribution < -0.4 is 21.3 Å². The minimum Gasteiger partial charge on any atom is -0.350 e. The lowest BCUT2D eigenvalue weighted by Crippen LogP contribution is -2.65. The van der Waals surface area contributed by atoms with Crippen LogP contribution >= 0.6 is 0 Å². The van der Waals surface area contributed by atoms with E-state index in [1.54, 1.807) is 11.8 Å². The van der Waals surface area contributed by atoms with E-state index in [0.717, 1.165) is 38.5 Å². The van der Waals surface area contributed by atoms with Gasteiger partial charge in [0.2, 0.25) is 17.6 Å². The standard InChI is InChI=1S/C33H55N5O7S/c1-6-13-23(26(39)29(41)34-7-2)35-28(40)25-22-15-11-14-21(22)20-38(25)30(42)27(32(3,4)5)36-31(43)37-33(17-9-8-10-18-33)24-16-12-19-46(24,44)45/h21-25,27H,6-20H2,1-5H3,(H,34,41)(H,35,40)(H2,36,37,43)/t21-,22-,23-,24-,25-,27+/m0/s1. The summed E-state index contributed by atoms with van der Waals surface area (Å²) in [6, 6.07) is -3.40. The third-order valence-electron chi connectivity index (χ3n) is 10.7. The molecule has 12 nitrogen and oxygen atoms in total. The molecule has 2 saturated heterocycles. The number of carbonyl (C=O) groups excluding carboxylic acids is 5. The highest BCUT2D eigenvalue weighted by molar-refractivity contribution is 7.92. The van der Waals surface area contributed by atoms with Crippen molar-refractivity contribution < 1.29 is 32.4 Å². The Kier molecular flexibility index (Phi) is 11.5. The number of nitrogens with zero attached hydrogens (tertiary/aromatic N) is 1. The first-order chi connectivity index (χ1) is 21.6. The molecule has 0 aromatic heterocycles. The van der Waals surface area contributed by atoms with E-state index in [0.29, 0.717) is 51.6 Å². The van der Waals surface area contributed by atoms with Gasteiger partial charge in [-0.2, -0.15) is 0 Å². The SMILES string of the molecule is CCC[C@H](NC(=O)[C@@H]1[C@H]2CCC[C@H]2CN1C(=O)[C@@H](NC(=O)NC1([C@@H]2CCCS2(=O)=O)CCCCC1)C(C)(C)C)C(=O)C(=O)NCC. The summed E-state index contributed by atoms with van der Waals surface area (Å²) in [5, 5.41) is 10.7. The number of urea groups is 1. The van der Waals surface area contributed by atoms with Crippen LogP contribution in [0.5, 0.6) is 0 Å². The second-order valence-corrected chi connectivity index (χ2v) is 17.3. The Morgan fingerprint density at radius 2 is 1.61 bits per heavy atom. The van der Waals surface area contributed by atoms with E-state index in [2.05, 4.69) is 21.3 Å². The van der Waals surface area contributed by atoms with E-state index in [9.17, 15) is 32.4 Å². The monoisotopic (exact) mass is 665 g/mol. The zero-order valence-electron chi connectivity index (χ0n) is 28.3. The number of hydrogen-bond acceptors (Lipinski definition) is 7. The molecule has 2 aliphatic carbocycles. The molecule has 13 heteroatoms. The number of likely N-dealkylation sites (N-methyl/N-ethyl adjacent to an activating group) is 1. The van der Waals surface area contributed by atoms with Crippen molar-refractivity contribution in [3.63, 3.8) is 0 Å². The van der Waals surface area contributed by atoms with Crippen LogP contribution in [0.4, 0.5) is 4.79 Å². The maximum absolute atomic E-state index is 14.4. The van der Waals surface area contributed by atoms with Crippen molar-refractivity contribution in [1.82, 2.24) is 26.2 Å². The Morgan fingerprint density at radius 3 is 2.20 bits per heavy atom. The van der Waals surface area contributed by atoms with E-state index in [1.807, 2.05) is 27.7 Å². The van der Waals surface area contributed by atoms with Crippen LogP contribution in [0.3, 0.4) is 0 Å². The van der Waals surface area contributed by atoms with Crippen LogP contribution in [0.1, 0.15) is 112 Å². The molecule has 2 saturated carbocycles. The van der Waals surface area contributed by atoms with Crippen LogP contribution in [0, 0.1) is 17.3 Å². The number of hydrogen-bond donors (Lipinski definition) is 4. The Balaban J connectivity index is 1.56. The summed E-state index contributed by atoms with van der Waals surface area (Å²) in [5.41, 5.74) is -1.60. The fourth-order valence-electron chi connectivity index (χ4n) is 8.42. The van der Waals surface area contributed by atoms with Crippen LogP contribution in [0.15, 0.2) is 0 Å². The van der Waals surface area contributed by atoms with E-state index in [-0.39, 0.29) is 23.5 Å². The predicted octanol–water partition coefficient (Wildman–Crippen LogP) is 2.60. The molecule has 0 aromatic carbocycles. The van der Waals surface area contributed by atoms with Crippen molar-refractivity contribution in [3.05, 3.63) is 0 Å². The zero-order chi connectivity index (χ0) is 33.9. The van der Waals surface area contributed by atoms with Crippen molar-refractivity contribution in [2.45, 2.75) is 141 Å². The topological polar surface area (TPSA) is 171 Å². The smallest absolute Gasteiger partial charge is 0.315 e. The molecule has 6 atom stereocenters. The Bertz CT molecular complexity index is 1270. The molecule has 0 unspecified atom stereocenters. The summed E-state index contributed by atoms with van der Waals surface area (Å²) in [7, 11) is -3.34. The minimum atomic E-state index is -3.34. The maximum atomic E-state index is 14.4. The van der Waals surface area contributed by atoms with Gasteiger partial charge in [-0.15, -0.1) is 0 Å². The summed E-state index contributed by atoms with van der Waals surface area (Å²) < 4.78 is 26.0. The van der Waals surface area contributed by atoms with Crippen molar-refractivity contribution in [2.75, 3.05) is 18.8 Å². The number of rotatable bonds is 11. The quantitative estimate of drug-likeness (QED) is 0.246. The first kappa shape index (κ1) is 36.1. The fourth-order valence-corrected chi connectivity index (χ4v) is 10.8. The average Bonchev–Trinajstić information content (AvgIpc) is 3.69. The first-order valence-electron chi connectivity index (χ1n) is 17.4. The molecule has 2 aliphatic heterocycles. The lowest BCUT2D eigenvalue weighted by Gasteiger charge is -2.43. The van der Waals surface area contributed by atoms with Crippen molar-refractivity contribution >= 4 is 39.4 Å². The van der Waals surface area contributed by atoms with Gasteiger partial charge in [0.1, 0.15) is 12.1 Å². The molecular weight excluding hydrogens is 610 g/mol. The molecule has 260 valence electrons.